The number of allylic oxidation sites excluding steroid dienone is 1. The van der Waals surface area contributed by atoms with Crippen molar-refractivity contribution in [1.82, 2.24) is 0 Å². The number of imide groups is 1. The van der Waals surface area contributed by atoms with Crippen LogP contribution in [-0.2, 0) is 14.0 Å². The number of fused-ring (bicyclic) bond motifs is 1. The number of carbonyl (C=O) groups is 2. The van der Waals surface area contributed by atoms with Crippen LogP contribution in [0.25, 0.3) is 6.08 Å². The van der Waals surface area contributed by atoms with Crippen molar-refractivity contribution in [2.45, 2.75) is 70.9 Å². The SMILES string of the molecule is CCC/C(=C\c1ccccc1O)CC[C@@H](O)C1=C(CO[Si](c2ccccc2)(c2ccccc2)C(C)(C)C)C[C@H]2C(=O)N(c3ccccc3)C(=O)[C@H]2[C@H]1CO. The summed E-state index contributed by atoms with van der Waals surface area (Å²) in [4.78, 5) is 29.7. The second-order valence-electron chi connectivity index (χ2n) is 15.6. The van der Waals surface area contributed by atoms with Crippen LogP contribution in [-0.4, -0.2) is 54.8 Å². The molecule has 0 spiro atoms. The van der Waals surface area contributed by atoms with Crippen molar-refractivity contribution in [3.63, 3.8) is 0 Å². The van der Waals surface area contributed by atoms with Gasteiger partial charge >= 0.3 is 0 Å². The fourth-order valence-electron chi connectivity index (χ4n) is 8.78. The molecular formula is C46H53NO6Si. The summed E-state index contributed by atoms with van der Waals surface area (Å²) in [6.45, 7) is 8.47. The third-order valence-corrected chi connectivity index (χ3v) is 16.2. The summed E-state index contributed by atoms with van der Waals surface area (Å²) in [5.41, 5.74) is 3.68. The number of para-hydroxylation sites is 2. The number of carbonyl (C=O) groups excluding carboxylic acids is 2. The number of rotatable bonds is 14. The topological polar surface area (TPSA) is 107 Å². The van der Waals surface area contributed by atoms with Crippen LogP contribution in [0.3, 0.4) is 0 Å². The van der Waals surface area contributed by atoms with Gasteiger partial charge in [-0.2, -0.15) is 0 Å². The van der Waals surface area contributed by atoms with Crippen molar-refractivity contribution in [1.29, 1.82) is 0 Å². The van der Waals surface area contributed by atoms with Gasteiger partial charge in [0.1, 0.15) is 5.75 Å². The van der Waals surface area contributed by atoms with Crippen LogP contribution in [0.2, 0.25) is 5.04 Å². The molecule has 2 aliphatic rings. The van der Waals surface area contributed by atoms with E-state index in [1.807, 2.05) is 60.7 Å². The van der Waals surface area contributed by atoms with E-state index in [2.05, 4.69) is 52.0 Å². The van der Waals surface area contributed by atoms with Gasteiger partial charge in [0.2, 0.25) is 11.8 Å². The molecule has 6 rings (SSSR count). The van der Waals surface area contributed by atoms with Gasteiger partial charge in [-0.1, -0.05) is 143 Å². The lowest BCUT2D eigenvalue weighted by molar-refractivity contribution is -0.123. The first-order valence-corrected chi connectivity index (χ1v) is 21.1. The minimum Gasteiger partial charge on any atom is -0.507 e. The highest BCUT2D eigenvalue weighted by Gasteiger charge is 2.56. The molecule has 2 amide bonds. The van der Waals surface area contributed by atoms with E-state index in [0.717, 1.165) is 39.9 Å². The summed E-state index contributed by atoms with van der Waals surface area (Å²) in [6.07, 6.45) is 3.81. The molecule has 1 heterocycles. The van der Waals surface area contributed by atoms with E-state index in [1.165, 1.54) is 4.90 Å². The molecule has 7 nitrogen and oxygen atoms in total. The first-order valence-electron chi connectivity index (χ1n) is 19.2. The molecule has 1 fully saturated rings. The van der Waals surface area contributed by atoms with E-state index in [0.29, 0.717) is 24.1 Å². The largest absolute Gasteiger partial charge is 0.507 e. The highest BCUT2D eigenvalue weighted by atomic mass is 28.4. The molecule has 8 heteroatoms. The quantitative estimate of drug-likeness (QED) is 0.0706. The molecule has 0 aromatic heterocycles. The van der Waals surface area contributed by atoms with E-state index in [1.54, 1.807) is 36.4 Å². The summed E-state index contributed by atoms with van der Waals surface area (Å²) in [6, 6.07) is 36.8. The first-order chi connectivity index (χ1) is 26.0. The Labute approximate surface area is 320 Å². The van der Waals surface area contributed by atoms with E-state index in [4.69, 9.17) is 4.43 Å². The Morgan fingerprint density at radius 2 is 1.43 bits per heavy atom. The van der Waals surface area contributed by atoms with Crippen molar-refractivity contribution >= 4 is 42.3 Å². The van der Waals surface area contributed by atoms with Crippen molar-refractivity contribution in [3.8, 4) is 5.75 Å². The number of aliphatic hydroxyl groups is 2. The maximum absolute atomic E-state index is 14.2. The van der Waals surface area contributed by atoms with Gasteiger partial charge in [-0.3, -0.25) is 14.5 Å². The van der Waals surface area contributed by atoms with Gasteiger partial charge in [-0.05, 0) is 70.4 Å². The maximum atomic E-state index is 14.2. The number of hydrogen-bond donors (Lipinski definition) is 3. The Bertz CT molecular complexity index is 1930. The van der Waals surface area contributed by atoms with Crippen molar-refractivity contribution in [2.24, 2.45) is 17.8 Å². The van der Waals surface area contributed by atoms with E-state index < -0.39 is 38.8 Å². The predicted molar refractivity (Wildman–Crippen MR) is 218 cm³/mol. The molecule has 0 unspecified atom stereocenters. The monoisotopic (exact) mass is 743 g/mol. The average molecular weight is 744 g/mol. The lowest BCUT2D eigenvalue weighted by atomic mass is 9.68. The second kappa shape index (κ2) is 16.8. The fraction of sp³-hybridized carbons (Fsp3) is 0.348. The molecule has 0 saturated carbocycles. The van der Waals surface area contributed by atoms with Crippen LogP contribution in [0.5, 0.6) is 5.75 Å². The van der Waals surface area contributed by atoms with Crippen LogP contribution in [0.4, 0.5) is 5.69 Å². The zero-order valence-electron chi connectivity index (χ0n) is 31.8. The van der Waals surface area contributed by atoms with Crippen LogP contribution < -0.4 is 15.3 Å². The third kappa shape index (κ3) is 7.66. The van der Waals surface area contributed by atoms with Gasteiger partial charge in [0.05, 0.1) is 36.8 Å². The Balaban J connectivity index is 1.43. The molecule has 4 aromatic carbocycles. The third-order valence-electron chi connectivity index (χ3n) is 11.2. The van der Waals surface area contributed by atoms with E-state index in [9.17, 15) is 24.9 Å². The standard InChI is InChI=1S/C46H53NO6Si/c1-5-17-32(28-33-18-15-16-25-40(33)49)26-27-41(50)42-34(29-38-43(39(42)30-48)45(52)47(44(38)51)35-19-9-6-10-20-35)31-53-54(46(2,3)4,36-21-11-7-12-22-36)37-23-13-8-14-24-37/h6-16,18-25,28,38-39,41,43,48-50H,5,17,26-27,29-31H2,1-4H3/b32-28+/t38-,39+,41-,43-/m1/s1. The number of nitrogens with zero attached hydrogens (tertiary/aromatic N) is 1. The number of amides is 2. The Kier molecular flexibility index (Phi) is 12.2. The smallest absolute Gasteiger partial charge is 0.261 e. The molecule has 54 heavy (non-hydrogen) atoms. The summed E-state index contributed by atoms with van der Waals surface area (Å²) < 4.78 is 7.40. The summed E-state index contributed by atoms with van der Waals surface area (Å²) in [5, 5.41) is 35.8. The van der Waals surface area contributed by atoms with Gasteiger partial charge < -0.3 is 19.7 Å². The number of hydrogen-bond acceptors (Lipinski definition) is 6. The van der Waals surface area contributed by atoms with Gasteiger partial charge in [0.25, 0.3) is 8.32 Å². The zero-order valence-corrected chi connectivity index (χ0v) is 32.8. The molecule has 1 aliphatic carbocycles. The molecule has 3 N–H and O–H groups in total. The lowest BCUT2D eigenvalue weighted by Gasteiger charge is -2.44. The van der Waals surface area contributed by atoms with Crippen molar-refractivity contribution in [3.05, 3.63) is 138 Å². The number of anilines is 1. The summed E-state index contributed by atoms with van der Waals surface area (Å²) in [7, 11) is -3.03. The number of benzene rings is 4. The summed E-state index contributed by atoms with van der Waals surface area (Å²) in [5.74, 6) is -2.71. The van der Waals surface area contributed by atoms with Crippen molar-refractivity contribution in [2.75, 3.05) is 18.1 Å². The van der Waals surface area contributed by atoms with Gasteiger partial charge in [-0.15, -0.1) is 0 Å². The number of aliphatic hydroxyl groups excluding tert-OH is 2. The number of phenolic OH excluding ortho intramolecular Hbond substituents is 1. The van der Waals surface area contributed by atoms with Gasteiger partial charge in [0.15, 0.2) is 0 Å². The summed E-state index contributed by atoms with van der Waals surface area (Å²) >= 11 is 0. The van der Waals surface area contributed by atoms with Crippen LogP contribution in [0.15, 0.2) is 132 Å². The normalized spacial score (nSPS) is 20.0. The van der Waals surface area contributed by atoms with Crippen LogP contribution >= 0.6 is 0 Å². The molecule has 0 radical (unpaired) electrons. The first kappa shape index (κ1) is 39.1. The highest BCUT2D eigenvalue weighted by Crippen LogP contribution is 2.48. The minimum absolute atomic E-state index is 0.141. The molecule has 282 valence electrons. The Morgan fingerprint density at radius 3 is 1.98 bits per heavy atom. The molecule has 1 saturated heterocycles. The molecular weight excluding hydrogens is 691 g/mol. The van der Waals surface area contributed by atoms with E-state index >= 15 is 0 Å². The lowest BCUT2D eigenvalue weighted by Crippen LogP contribution is -2.66. The number of aromatic hydroxyl groups is 1. The molecule has 1 aliphatic heterocycles. The highest BCUT2D eigenvalue weighted by molar-refractivity contribution is 6.99. The number of phenols is 1. The van der Waals surface area contributed by atoms with Crippen molar-refractivity contribution < 1.29 is 29.3 Å². The maximum Gasteiger partial charge on any atom is 0.261 e. The zero-order chi connectivity index (χ0) is 38.5. The fourth-order valence-corrected chi connectivity index (χ4v) is 13.3. The van der Waals surface area contributed by atoms with Crippen LogP contribution in [0.1, 0.15) is 65.4 Å². The van der Waals surface area contributed by atoms with Gasteiger partial charge in [-0.25, -0.2) is 0 Å². The Morgan fingerprint density at radius 1 is 0.852 bits per heavy atom. The molecule has 4 aromatic rings. The average Bonchev–Trinajstić information content (AvgIpc) is 3.43. The minimum atomic E-state index is -3.03. The van der Waals surface area contributed by atoms with E-state index in [-0.39, 0.29) is 35.6 Å². The Hall–Kier alpha value is -4.60. The van der Waals surface area contributed by atoms with Crippen LogP contribution in [0, 0.1) is 17.8 Å². The predicted octanol–water partition coefficient (Wildman–Crippen LogP) is 7.41. The molecule has 4 atom stereocenters. The second-order valence-corrected chi connectivity index (χ2v) is 20.0. The van der Waals surface area contributed by atoms with Gasteiger partial charge in [0, 0.05) is 11.5 Å². The molecule has 0 bridgehead atoms.